The third-order valence-corrected chi connectivity index (χ3v) is 2.98. The van der Waals surface area contributed by atoms with Crippen molar-refractivity contribution in [2.45, 2.75) is 6.92 Å². The molecule has 4 nitrogen and oxygen atoms in total. The number of hydrogen-bond donors (Lipinski definition) is 2. The van der Waals surface area contributed by atoms with Crippen LogP contribution in [0.4, 0.5) is 10.1 Å². The first kappa shape index (κ1) is 13.0. The van der Waals surface area contributed by atoms with Crippen LogP contribution in [0, 0.1) is 12.7 Å². The smallest absolute Gasteiger partial charge is 0.238 e. The van der Waals surface area contributed by atoms with Gasteiger partial charge in [0.2, 0.25) is 5.91 Å². The molecule has 0 atom stereocenters. The van der Waals surface area contributed by atoms with Gasteiger partial charge >= 0.3 is 0 Å². The molecule has 2 N–H and O–H groups in total. The quantitative estimate of drug-likeness (QED) is 0.841. The van der Waals surface area contributed by atoms with Crippen LogP contribution in [0.15, 0.2) is 18.2 Å². The van der Waals surface area contributed by atoms with Crippen molar-refractivity contribution in [3.8, 4) is 0 Å². The van der Waals surface area contributed by atoms with Gasteiger partial charge in [-0.25, -0.2) is 4.39 Å². The number of carbonyl (C=O) groups excluding carboxylic acids is 1. The Kier molecular flexibility index (Phi) is 4.28. The van der Waals surface area contributed by atoms with Crippen molar-refractivity contribution in [1.29, 1.82) is 0 Å². The van der Waals surface area contributed by atoms with Gasteiger partial charge < -0.3 is 10.6 Å². The van der Waals surface area contributed by atoms with Gasteiger partial charge in [0.25, 0.3) is 0 Å². The van der Waals surface area contributed by atoms with E-state index in [-0.39, 0.29) is 17.4 Å². The Morgan fingerprint density at radius 1 is 1.44 bits per heavy atom. The maximum absolute atomic E-state index is 13.6. The zero-order valence-electron chi connectivity index (χ0n) is 10.5. The fraction of sp³-hybridized carbons (Fsp3) is 0.462. The van der Waals surface area contributed by atoms with Crippen molar-refractivity contribution >= 4 is 11.6 Å². The third kappa shape index (κ3) is 3.51. The maximum Gasteiger partial charge on any atom is 0.238 e. The van der Waals surface area contributed by atoms with Gasteiger partial charge in [-0.15, -0.1) is 0 Å². The molecule has 0 saturated carbocycles. The van der Waals surface area contributed by atoms with E-state index >= 15 is 0 Å². The van der Waals surface area contributed by atoms with Gasteiger partial charge in [0, 0.05) is 26.2 Å². The minimum atomic E-state index is -0.385. The minimum Gasteiger partial charge on any atom is -0.322 e. The lowest BCUT2D eigenvalue weighted by atomic mass is 10.2. The zero-order chi connectivity index (χ0) is 13.0. The lowest BCUT2D eigenvalue weighted by molar-refractivity contribution is -0.117. The van der Waals surface area contributed by atoms with Crippen LogP contribution < -0.4 is 10.6 Å². The first-order valence-corrected chi connectivity index (χ1v) is 6.14. The Balaban J connectivity index is 1.90. The Morgan fingerprint density at radius 2 is 2.17 bits per heavy atom. The van der Waals surface area contributed by atoms with Crippen LogP contribution in [-0.4, -0.2) is 43.5 Å². The number of nitrogens with zero attached hydrogens (tertiary/aromatic N) is 1. The number of hydrogen-bond acceptors (Lipinski definition) is 3. The summed E-state index contributed by atoms with van der Waals surface area (Å²) in [7, 11) is 0. The number of carbonyl (C=O) groups is 1. The molecule has 1 aliphatic heterocycles. The number of amides is 1. The molecule has 0 unspecified atom stereocenters. The highest BCUT2D eigenvalue weighted by atomic mass is 19.1. The van der Waals surface area contributed by atoms with Crippen LogP contribution in [0.3, 0.4) is 0 Å². The third-order valence-electron chi connectivity index (χ3n) is 2.98. The second kappa shape index (κ2) is 5.93. The summed E-state index contributed by atoms with van der Waals surface area (Å²) in [4.78, 5) is 13.8. The predicted octanol–water partition coefficient (Wildman–Crippen LogP) is 0.978. The molecular weight excluding hydrogens is 233 g/mol. The number of benzene rings is 1. The van der Waals surface area contributed by atoms with E-state index in [0.29, 0.717) is 6.54 Å². The van der Waals surface area contributed by atoms with E-state index in [4.69, 9.17) is 0 Å². The van der Waals surface area contributed by atoms with Crippen molar-refractivity contribution in [3.05, 3.63) is 29.6 Å². The highest BCUT2D eigenvalue weighted by Gasteiger charge is 2.14. The molecule has 0 spiro atoms. The van der Waals surface area contributed by atoms with Crippen molar-refractivity contribution in [3.63, 3.8) is 0 Å². The molecule has 1 aromatic rings. The number of piperazine rings is 1. The van der Waals surface area contributed by atoms with Crippen LogP contribution in [0.5, 0.6) is 0 Å². The lowest BCUT2D eigenvalue weighted by Gasteiger charge is -2.26. The van der Waals surface area contributed by atoms with Crippen molar-refractivity contribution in [2.75, 3.05) is 38.0 Å². The van der Waals surface area contributed by atoms with Gasteiger partial charge in [0.1, 0.15) is 5.82 Å². The lowest BCUT2D eigenvalue weighted by Crippen LogP contribution is -2.46. The molecule has 1 heterocycles. The van der Waals surface area contributed by atoms with Crippen LogP contribution in [0.1, 0.15) is 5.56 Å². The molecule has 0 bridgehead atoms. The fourth-order valence-corrected chi connectivity index (χ4v) is 1.98. The molecule has 2 rings (SSSR count). The highest BCUT2D eigenvalue weighted by molar-refractivity contribution is 5.92. The van der Waals surface area contributed by atoms with Crippen LogP contribution in [0.2, 0.25) is 0 Å². The zero-order valence-corrected chi connectivity index (χ0v) is 10.5. The SMILES string of the molecule is Cc1ccc(NC(=O)CN2CCNCC2)c(F)c1. The number of aryl methyl sites for hydroxylation is 1. The first-order chi connectivity index (χ1) is 8.65. The van der Waals surface area contributed by atoms with E-state index in [1.807, 2.05) is 6.92 Å². The Morgan fingerprint density at radius 3 is 2.83 bits per heavy atom. The summed E-state index contributed by atoms with van der Waals surface area (Å²) < 4.78 is 13.6. The molecule has 0 aliphatic carbocycles. The Bertz CT molecular complexity index is 430. The average Bonchev–Trinajstić information content (AvgIpc) is 2.34. The molecule has 1 aliphatic rings. The van der Waals surface area contributed by atoms with Gasteiger partial charge in [0.05, 0.1) is 12.2 Å². The van der Waals surface area contributed by atoms with E-state index in [2.05, 4.69) is 15.5 Å². The molecule has 0 aromatic heterocycles. The minimum absolute atomic E-state index is 0.167. The van der Waals surface area contributed by atoms with Gasteiger partial charge in [-0.05, 0) is 24.6 Å². The van der Waals surface area contributed by atoms with Crippen LogP contribution in [-0.2, 0) is 4.79 Å². The highest BCUT2D eigenvalue weighted by Crippen LogP contribution is 2.15. The maximum atomic E-state index is 13.6. The molecular formula is C13H18FN3O. The van der Waals surface area contributed by atoms with E-state index < -0.39 is 0 Å². The Labute approximate surface area is 106 Å². The van der Waals surface area contributed by atoms with E-state index in [9.17, 15) is 9.18 Å². The van der Waals surface area contributed by atoms with E-state index in [1.165, 1.54) is 6.07 Å². The summed E-state index contributed by atoms with van der Waals surface area (Å²) in [5.74, 6) is -0.552. The molecule has 1 saturated heterocycles. The first-order valence-electron chi connectivity index (χ1n) is 6.14. The largest absolute Gasteiger partial charge is 0.322 e. The monoisotopic (exact) mass is 251 g/mol. The topological polar surface area (TPSA) is 44.4 Å². The van der Waals surface area contributed by atoms with Crippen molar-refractivity contribution in [1.82, 2.24) is 10.2 Å². The average molecular weight is 251 g/mol. The normalized spacial score (nSPS) is 16.6. The van der Waals surface area contributed by atoms with E-state index in [0.717, 1.165) is 31.7 Å². The summed E-state index contributed by atoms with van der Waals surface area (Å²) in [6, 6.07) is 4.80. The summed E-state index contributed by atoms with van der Waals surface area (Å²) in [5, 5.41) is 5.83. The summed E-state index contributed by atoms with van der Waals surface area (Å²) in [6.07, 6.45) is 0. The van der Waals surface area contributed by atoms with Gasteiger partial charge in [-0.1, -0.05) is 6.07 Å². The number of anilines is 1. The summed E-state index contributed by atoms with van der Waals surface area (Å²) in [6.45, 7) is 5.62. The number of rotatable bonds is 3. The summed E-state index contributed by atoms with van der Waals surface area (Å²) >= 11 is 0. The standard InChI is InChI=1S/C13H18FN3O/c1-10-2-3-12(11(14)8-10)16-13(18)9-17-6-4-15-5-7-17/h2-3,8,15H,4-7,9H2,1H3,(H,16,18). The van der Waals surface area contributed by atoms with E-state index in [1.54, 1.807) is 12.1 Å². The summed E-state index contributed by atoms with van der Waals surface area (Å²) in [5.41, 5.74) is 1.09. The Hall–Kier alpha value is -1.46. The molecule has 1 aromatic carbocycles. The van der Waals surface area contributed by atoms with Gasteiger partial charge in [-0.3, -0.25) is 9.69 Å². The molecule has 5 heteroatoms. The van der Waals surface area contributed by atoms with Gasteiger partial charge in [0.15, 0.2) is 0 Å². The predicted molar refractivity (Wildman–Crippen MR) is 69.1 cm³/mol. The molecule has 1 fully saturated rings. The van der Waals surface area contributed by atoms with Crippen LogP contribution >= 0.6 is 0 Å². The fourth-order valence-electron chi connectivity index (χ4n) is 1.98. The number of nitrogens with one attached hydrogen (secondary N) is 2. The van der Waals surface area contributed by atoms with Crippen LogP contribution in [0.25, 0.3) is 0 Å². The second-order valence-electron chi connectivity index (χ2n) is 4.56. The second-order valence-corrected chi connectivity index (χ2v) is 4.56. The van der Waals surface area contributed by atoms with Crippen molar-refractivity contribution < 1.29 is 9.18 Å². The number of halogens is 1. The molecule has 1 amide bonds. The van der Waals surface area contributed by atoms with Gasteiger partial charge in [-0.2, -0.15) is 0 Å². The molecule has 18 heavy (non-hydrogen) atoms. The molecule has 98 valence electrons. The molecule has 0 radical (unpaired) electrons. The van der Waals surface area contributed by atoms with Crippen molar-refractivity contribution in [2.24, 2.45) is 0 Å².